The number of benzene rings is 2. The van der Waals surface area contributed by atoms with Gasteiger partial charge in [0, 0.05) is 29.6 Å². The number of aromatic amines is 1. The smallest absolute Gasteiger partial charge is 0.255 e. The van der Waals surface area contributed by atoms with Gasteiger partial charge in [-0.25, -0.2) is 9.97 Å². The molecule has 4 rings (SSSR count). The van der Waals surface area contributed by atoms with Gasteiger partial charge in [0.15, 0.2) is 5.65 Å². The number of hydrogen-bond acceptors (Lipinski definition) is 6. The van der Waals surface area contributed by atoms with E-state index >= 15 is 0 Å². The maximum Gasteiger partial charge on any atom is 0.255 e. The Morgan fingerprint density at radius 2 is 1.87 bits per heavy atom. The van der Waals surface area contributed by atoms with Crippen molar-refractivity contribution in [3.63, 3.8) is 0 Å². The van der Waals surface area contributed by atoms with Gasteiger partial charge in [0.2, 0.25) is 5.91 Å². The molecular weight excluding hydrogens is 400 g/mol. The number of carbonyl (C=O) groups excluding carboxylic acids is 2. The van der Waals surface area contributed by atoms with E-state index in [1.54, 1.807) is 42.2 Å². The number of hydrogen-bond donors (Lipinski definition) is 3. The third-order valence-corrected chi connectivity index (χ3v) is 5.32. The van der Waals surface area contributed by atoms with Crippen LogP contribution in [0.25, 0.3) is 11.0 Å². The van der Waals surface area contributed by atoms with E-state index in [4.69, 9.17) is 0 Å². The molecule has 0 fully saturated rings. The predicted octanol–water partition coefficient (Wildman–Crippen LogP) is 3.86. The van der Waals surface area contributed by atoms with Gasteiger partial charge in [0.05, 0.1) is 11.6 Å². The summed E-state index contributed by atoms with van der Waals surface area (Å²) in [5, 5.41) is 14.2. The van der Waals surface area contributed by atoms with E-state index in [1.165, 1.54) is 13.3 Å². The second-order valence-electron chi connectivity index (χ2n) is 6.51. The van der Waals surface area contributed by atoms with Crippen LogP contribution in [0.3, 0.4) is 0 Å². The number of rotatable bonds is 6. The first kappa shape index (κ1) is 19.6. The molecular formula is C21H18N6O2S. The molecule has 150 valence electrons. The first-order valence-corrected chi connectivity index (χ1v) is 10.1. The molecule has 9 heteroatoms. The number of nitrogens with zero attached hydrogens (tertiary/aromatic N) is 3. The Labute approximate surface area is 176 Å². The first-order chi connectivity index (χ1) is 14.6. The van der Waals surface area contributed by atoms with Crippen molar-refractivity contribution in [3.8, 4) is 0 Å². The minimum atomic E-state index is -0.218. The van der Waals surface area contributed by atoms with Crippen LogP contribution in [0.15, 0.2) is 66.1 Å². The largest absolute Gasteiger partial charge is 0.326 e. The molecule has 4 aromatic rings. The zero-order chi connectivity index (χ0) is 20.9. The molecule has 30 heavy (non-hydrogen) atoms. The average molecular weight is 418 g/mol. The molecule has 2 aromatic carbocycles. The number of thioether (sulfide) groups is 1. The lowest BCUT2D eigenvalue weighted by molar-refractivity contribution is -0.114. The predicted molar refractivity (Wildman–Crippen MR) is 116 cm³/mol. The summed E-state index contributed by atoms with van der Waals surface area (Å²) in [5.41, 5.74) is 3.62. The Morgan fingerprint density at radius 1 is 1.03 bits per heavy atom. The molecule has 0 saturated carbocycles. The van der Waals surface area contributed by atoms with Crippen molar-refractivity contribution in [1.82, 2.24) is 20.2 Å². The zero-order valence-corrected chi connectivity index (χ0v) is 16.9. The average Bonchev–Trinajstić information content (AvgIpc) is 3.22. The second-order valence-corrected chi connectivity index (χ2v) is 7.48. The van der Waals surface area contributed by atoms with Crippen LogP contribution in [0, 0.1) is 0 Å². The van der Waals surface area contributed by atoms with E-state index in [0.717, 1.165) is 16.0 Å². The van der Waals surface area contributed by atoms with Gasteiger partial charge >= 0.3 is 0 Å². The van der Waals surface area contributed by atoms with E-state index in [-0.39, 0.29) is 11.8 Å². The maximum absolute atomic E-state index is 12.5. The van der Waals surface area contributed by atoms with Gasteiger partial charge in [0.1, 0.15) is 11.4 Å². The number of amides is 2. The Morgan fingerprint density at radius 3 is 2.67 bits per heavy atom. The van der Waals surface area contributed by atoms with Gasteiger partial charge in [-0.15, -0.1) is 11.8 Å². The Balaban J connectivity index is 1.41. The summed E-state index contributed by atoms with van der Waals surface area (Å²) in [6, 6.07) is 14.4. The summed E-state index contributed by atoms with van der Waals surface area (Å²) >= 11 is 1.58. The minimum absolute atomic E-state index is 0.155. The molecule has 0 bridgehead atoms. The van der Waals surface area contributed by atoms with Crippen molar-refractivity contribution in [2.75, 3.05) is 10.6 Å². The Kier molecular flexibility index (Phi) is 5.71. The van der Waals surface area contributed by atoms with Crippen LogP contribution in [-0.2, 0) is 10.5 Å². The third kappa shape index (κ3) is 4.64. The topological polar surface area (TPSA) is 113 Å². The molecule has 0 unspecified atom stereocenters. The summed E-state index contributed by atoms with van der Waals surface area (Å²) in [4.78, 5) is 32.1. The molecule has 0 aliphatic heterocycles. The molecule has 0 atom stereocenters. The zero-order valence-electron chi connectivity index (χ0n) is 16.0. The molecule has 2 amide bonds. The highest BCUT2D eigenvalue weighted by Crippen LogP contribution is 2.27. The minimum Gasteiger partial charge on any atom is -0.326 e. The number of fused-ring (bicyclic) bond motifs is 1. The van der Waals surface area contributed by atoms with E-state index < -0.39 is 0 Å². The number of carbonyl (C=O) groups is 2. The molecule has 0 aliphatic carbocycles. The molecule has 0 saturated heterocycles. The molecule has 0 spiro atoms. The first-order valence-electron chi connectivity index (χ1n) is 9.13. The lowest BCUT2D eigenvalue weighted by atomic mass is 10.1. The van der Waals surface area contributed by atoms with Crippen LogP contribution < -0.4 is 10.6 Å². The fourth-order valence-corrected chi connectivity index (χ4v) is 3.77. The van der Waals surface area contributed by atoms with Gasteiger partial charge in [-0.2, -0.15) is 5.10 Å². The van der Waals surface area contributed by atoms with Gasteiger partial charge in [-0.3, -0.25) is 14.7 Å². The highest BCUT2D eigenvalue weighted by Gasteiger charge is 2.09. The summed E-state index contributed by atoms with van der Waals surface area (Å²) in [6.45, 7) is 1.44. The van der Waals surface area contributed by atoms with Crippen LogP contribution in [-0.4, -0.2) is 32.0 Å². The summed E-state index contributed by atoms with van der Waals surface area (Å²) in [7, 11) is 0. The van der Waals surface area contributed by atoms with E-state index in [2.05, 4.69) is 30.8 Å². The summed E-state index contributed by atoms with van der Waals surface area (Å²) in [6.07, 6.45) is 3.22. The SMILES string of the molecule is CC(=O)Nc1ccc(C(=O)Nc2cccc(CSc3ncnc4[nH]ncc34)c2)cc1. The normalized spacial score (nSPS) is 10.7. The lowest BCUT2D eigenvalue weighted by Gasteiger charge is -2.08. The van der Waals surface area contributed by atoms with Crippen molar-refractivity contribution in [2.45, 2.75) is 17.7 Å². The Hall–Kier alpha value is -3.72. The highest BCUT2D eigenvalue weighted by molar-refractivity contribution is 7.98. The summed E-state index contributed by atoms with van der Waals surface area (Å²) < 4.78 is 0. The van der Waals surface area contributed by atoms with Crippen molar-refractivity contribution >= 4 is 46.0 Å². The van der Waals surface area contributed by atoms with Gasteiger partial charge in [-0.1, -0.05) is 12.1 Å². The molecule has 0 aliphatic rings. The fourth-order valence-electron chi connectivity index (χ4n) is 2.86. The molecule has 2 heterocycles. The van der Waals surface area contributed by atoms with Crippen LogP contribution in [0.2, 0.25) is 0 Å². The summed E-state index contributed by atoms with van der Waals surface area (Å²) in [5.74, 6) is 0.314. The van der Waals surface area contributed by atoms with Crippen LogP contribution >= 0.6 is 11.8 Å². The quantitative estimate of drug-likeness (QED) is 0.324. The maximum atomic E-state index is 12.5. The third-order valence-electron chi connectivity index (χ3n) is 4.24. The molecule has 3 N–H and O–H groups in total. The van der Waals surface area contributed by atoms with Gasteiger partial charge in [0.25, 0.3) is 5.91 Å². The lowest BCUT2D eigenvalue weighted by Crippen LogP contribution is -2.12. The van der Waals surface area contributed by atoms with Crippen LogP contribution in [0.1, 0.15) is 22.8 Å². The van der Waals surface area contributed by atoms with Crippen LogP contribution in [0.5, 0.6) is 0 Å². The van der Waals surface area contributed by atoms with Crippen molar-refractivity contribution in [3.05, 3.63) is 72.2 Å². The number of anilines is 2. The molecule has 0 radical (unpaired) electrons. The number of nitrogens with one attached hydrogen (secondary N) is 3. The van der Waals surface area contributed by atoms with Crippen molar-refractivity contribution in [1.29, 1.82) is 0 Å². The van der Waals surface area contributed by atoms with E-state index in [1.807, 2.05) is 24.3 Å². The Bertz CT molecular complexity index is 1210. The van der Waals surface area contributed by atoms with Crippen molar-refractivity contribution in [2.24, 2.45) is 0 Å². The van der Waals surface area contributed by atoms with Crippen molar-refractivity contribution < 1.29 is 9.59 Å². The van der Waals surface area contributed by atoms with Gasteiger partial charge in [-0.05, 0) is 42.0 Å². The molecule has 8 nitrogen and oxygen atoms in total. The second kappa shape index (κ2) is 8.75. The highest BCUT2D eigenvalue weighted by atomic mass is 32.2. The van der Waals surface area contributed by atoms with E-state index in [9.17, 15) is 9.59 Å². The van der Waals surface area contributed by atoms with E-state index in [0.29, 0.717) is 28.3 Å². The van der Waals surface area contributed by atoms with Crippen LogP contribution in [0.4, 0.5) is 11.4 Å². The number of H-pyrrole nitrogens is 1. The number of aromatic nitrogens is 4. The molecule has 2 aromatic heterocycles. The standard InChI is InChI=1S/C21H18N6O2S/c1-13(28)25-16-7-5-15(6-8-16)20(29)26-17-4-2-3-14(9-17)11-30-21-18-10-24-27-19(18)22-12-23-21/h2-10,12H,11H2,1H3,(H,25,28)(H,26,29)(H,22,23,24,27). The van der Waals surface area contributed by atoms with Gasteiger partial charge < -0.3 is 10.6 Å². The fraction of sp³-hybridized carbons (Fsp3) is 0.0952. The monoisotopic (exact) mass is 418 g/mol.